The largest absolute Gasteiger partial charge is 0.417 e. The van der Waals surface area contributed by atoms with Crippen molar-refractivity contribution in [1.82, 2.24) is 10.3 Å². The summed E-state index contributed by atoms with van der Waals surface area (Å²) in [5.41, 5.74) is 2.41. The van der Waals surface area contributed by atoms with Crippen LogP contribution in [0.2, 0.25) is 0 Å². The number of halogens is 3. The molecule has 8 heteroatoms. The second-order valence-electron chi connectivity index (χ2n) is 7.32. The van der Waals surface area contributed by atoms with Crippen molar-refractivity contribution in [2.75, 3.05) is 18.4 Å². The summed E-state index contributed by atoms with van der Waals surface area (Å²) in [6.07, 6.45) is 0.442. The average molecular weight is 419 g/mol. The molecule has 0 fully saturated rings. The topological polar surface area (TPSA) is 71.1 Å². The zero-order valence-corrected chi connectivity index (χ0v) is 16.5. The van der Waals surface area contributed by atoms with Crippen LogP contribution in [0.15, 0.2) is 36.5 Å². The molecule has 0 spiro atoms. The molecule has 1 heterocycles. The van der Waals surface area contributed by atoms with Crippen molar-refractivity contribution in [2.45, 2.75) is 44.7 Å². The smallest absolute Gasteiger partial charge is 0.370 e. The van der Waals surface area contributed by atoms with E-state index >= 15 is 0 Å². The van der Waals surface area contributed by atoms with E-state index in [1.165, 1.54) is 17.2 Å². The first-order chi connectivity index (χ1) is 14.3. The van der Waals surface area contributed by atoms with Crippen molar-refractivity contribution in [3.8, 4) is 0 Å². The number of aromatic nitrogens is 1. The van der Waals surface area contributed by atoms with Crippen LogP contribution in [0.1, 0.15) is 52.7 Å². The Morgan fingerprint density at radius 2 is 1.80 bits per heavy atom. The van der Waals surface area contributed by atoms with Gasteiger partial charge in [-0.3, -0.25) is 9.59 Å². The molecule has 2 N–H and O–H groups in total. The number of ketones is 1. The molecule has 1 amide bonds. The van der Waals surface area contributed by atoms with Crippen LogP contribution in [-0.2, 0) is 23.8 Å². The molecule has 0 saturated heterocycles. The van der Waals surface area contributed by atoms with E-state index in [0.29, 0.717) is 30.9 Å². The maximum absolute atomic E-state index is 12.5. The standard InChI is InChI=1S/C22H24F3N3O2/c23-22(24,25)18-7-9-20(28-14-18)26-11-2-12-27-21(30)10-8-19(29)17-6-5-15-3-1-4-16(15)13-17/h5-7,9,13-14H,1-4,8,10-12H2,(H,26,28)(H,27,30). The van der Waals surface area contributed by atoms with Crippen LogP contribution in [-0.4, -0.2) is 29.8 Å². The Bertz CT molecular complexity index is 895. The fourth-order valence-corrected chi connectivity index (χ4v) is 3.40. The summed E-state index contributed by atoms with van der Waals surface area (Å²) in [6.45, 7) is 0.853. The summed E-state index contributed by atoms with van der Waals surface area (Å²) in [5.74, 6) is 0.112. The maximum Gasteiger partial charge on any atom is 0.417 e. The van der Waals surface area contributed by atoms with E-state index < -0.39 is 11.7 Å². The number of aryl methyl sites for hydroxylation is 2. The zero-order valence-electron chi connectivity index (χ0n) is 16.5. The molecule has 160 valence electrons. The molecule has 0 bridgehead atoms. The Balaban J connectivity index is 1.31. The molecule has 0 saturated carbocycles. The van der Waals surface area contributed by atoms with Crippen LogP contribution in [0, 0.1) is 0 Å². The number of hydrogen-bond donors (Lipinski definition) is 2. The van der Waals surface area contributed by atoms with Gasteiger partial charge in [0, 0.05) is 37.7 Å². The fourth-order valence-electron chi connectivity index (χ4n) is 3.40. The van der Waals surface area contributed by atoms with E-state index in [9.17, 15) is 22.8 Å². The maximum atomic E-state index is 12.5. The number of nitrogens with zero attached hydrogens (tertiary/aromatic N) is 1. The van der Waals surface area contributed by atoms with E-state index in [1.54, 1.807) is 0 Å². The third-order valence-corrected chi connectivity index (χ3v) is 5.07. The molecule has 1 aromatic heterocycles. The van der Waals surface area contributed by atoms with Gasteiger partial charge in [0.25, 0.3) is 0 Å². The summed E-state index contributed by atoms with van der Waals surface area (Å²) in [4.78, 5) is 27.9. The quantitative estimate of drug-likeness (QED) is 0.473. The predicted molar refractivity (Wildman–Crippen MR) is 107 cm³/mol. The summed E-state index contributed by atoms with van der Waals surface area (Å²) in [5, 5.41) is 5.65. The number of benzene rings is 1. The van der Waals surface area contributed by atoms with Crippen molar-refractivity contribution in [2.24, 2.45) is 0 Å². The van der Waals surface area contributed by atoms with Crippen molar-refractivity contribution >= 4 is 17.5 Å². The zero-order chi connectivity index (χ0) is 21.6. The van der Waals surface area contributed by atoms with Crippen LogP contribution in [0.5, 0.6) is 0 Å². The van der Waals surface area contributed by atoms with Gasteiger partial charge < -0.3 is 10.6 Å². The summed E-state index contributed by atoms with van der Waals surface area (Å²) in [7, 11) is 0. The molecule has 30 heavy (non-hydrogen) atoms. The highest BCUT2D eigenvalue weighted by molar-refractivity contribution is 5.98. The van der Waals surface area contributed by atoms with E-state index in [0.717, 1.165) is 31.5 Å². The number of hydrogen-bond acceptors (Lipinski definition) is 4. The summed E-state index contributed by atoms with van der Waals surface area (Å²) in [6, 6.07) is 8.03. The minimum atomic E-state index is -4.41. The molecule has 3 rings (SSSR count). The first-order valence-electron chi connectivity index (χ1n) is 10.0. The van der Waals surface area contributed by atoms with Crippen LogP contribution < -0.4 is 10.6 Å². The minimum Gasteiger partial charge on any atom is -0.370 e. The van der Waals surface area contributed by atoms with Crippen LogP contribution in [0.25, 0.3) is 0 Å². The van der Waals surface area contributed by atoms with Gasteiger partial charge in [-0.05, 0) is 55.0 Å². The van der Waals surface area contributed by atoms with Crippen LogP contribution in [0.4, 0.5) is 19.0 Å². The molecule has 2 aromatic rings. The molecule has 0 atom stereocenters. The number of carbonyl (C=O) groups excluding carboxylic acids is 2. The Morgan fingerprint density at radius 1 is 1.00 bits per heavy atom. The lowest BCUT2D eigenvalue weighted by atomic mass is 10.0. The highest BCUT2D eigenvalue weighted by Gasteiger charge is 2.30. The van der Waals surface area contributed by atoms with Crippen LogP contribution in [0.3, 0.4) is 0 Å². The third kappa shape index (κ3) is 6.05. The molecule has 1 aromatic carbocycles. The Kier molecular flexibility index (Phi) is 7.07. The van der Waals surface area contributed by atoms with E-state index in [-0.39, 0.29) is 24.5 Å². The number of rotatable bonds is 9. The number of Topliss-reactive ketones (excluding diaryl/α,β-unsaturated/α-hetero) is 1. The van der Waals surface area contributed by atoms with Gasteiger partial charge in [0.05, 0.1) is 5.56 Å². The molecule has 0 aliphatic heterocycles. The lowest BCUT2D eigenvalue weighted by Gasteiger charge is -2.09. The molecule has 1 aliphatic carbocycles. The van der Waals surface area contributed by atoms with Crippen molar-refractivity contribution in [3.63, 3.8) is 0 Å². The third-order valence-electron chi connectivity index (χ3n) is 5.07. The molecule has 0 unspecified atom stereocenters. The second-order valence-corrected chi connectivity index (χ2v) is 7.32. The van der Waals surface area contributed by atoms with Crippen LogP contribution >= 0.6 is 0 Å². The Morgan fingerprint density at radius 3 is 2.53 bits per heavy atom. The molecule has 1 aliphatic rings. The SMILES string of the molecule is O=C(CCC(=O)c1ccc2c(c1)CCC2)NCCCNc1ccc(C(F)(F)F)cn1. The van der Waals surface area contributed by atoms with Gasteiger partial charge in [-0.15, -0.1) is 0 Å². The van der Waals surface area contributed by atoms with E-state index in [2.05, 4.69) is 15.6 Å². The van der Waals surface area contributed by atoms with E-state index in [4.69, 9.17) is 0 Å². The van der Waals surface area contributed by atoms with Gasteiger partial charge in [-0.1, -0.05) is 12.1 Å². The van der Waals surface area contributed by atoms with Gasteiger partial charge in [0.2, 0.25) is 5.91 Å². The molecule has 5 nitrogen and oxygen atoms in total. The number of nitrogens with one attached hydrogen (secondary N) is 2. The van der Waals surface area contributed by atoms with Gasteiger partial charge in [-0.2, -0.15) is 13.2 Å². The number of amides is 1. The number of alkyl halides is 3. The normalized spacial score (nSPS) is 13.0. The van der Waals surface area contributed by atoms with Crippen molar-refractivity contribution < 1.29 is 22.8 Å². The van der Waals surface area contributed by atoms with Gasteiger partial charge in [0.15, 0.2) is 5.78 Å². The van der Waals surface area contributed by atoms with Gasteiger partial charge in [0.1, 0.15) is 5.82 Å². The first kappa shape index (κ1) is 21.8. The monoisotopic (exact) mass is 419 g/mol. The Hall–Kier alpha value is -2.90. The number of pyridine rings is 1. The fraction of sp³-hybridized carbons (Fsp3) is 0.409. The van der Waals surface area contributed by atoms with Gasteiger partial charge >= 0.3 is 6.18 Å². The lowest BCUT2D eigenvalue weighted by Crippen LogP contribution is -2.26. The first-order valence-corrected chi connectivity index (χ1v) is 10.0. The number of fused-ring (bicyclic) bond motifs is 1. The Labute approximate surface area is 173 Å². The second kappa shape index (κ2) is 9.73. The number of anilines is 1. The highest BCUT2D eigenvalue weighted by atomic mass is 19.4. The minimum absolute atomic E-state index is 0.0325. The van der Waals surface area contributed by atoms with Crippen molar-refractivity contribution in [3.05, 3.63) is 58.8 Å². The molecular weight excluding hydrogens is 395 g/mol. The lowest BCUT2D eigenvalue weighted by molar-refractivity contribution is -0.137. The average Bonchev–Trinajstić information content (AvgIpc) is 3.19. The highest BCUT2D eigenvalue weighted by Crippen LogP contribution is 2.28. The molecule has 0 radical (unpaired) electrons. The van der Waals surface area contributed by atoms with Gasteiger partial charge in [-0.25, -0.2) is 4.98 Å². The summed E-state index contributed by atoms with van der Waals surface area (Å²) < 4.78 is 37.5. The van der Waals surface area contributed by atoms with E-state index in [1.807, 2.05) is 18.2 Å². The summed E-state index contributed by atoms with van der Waals surface area (Å²) >= 11 is 0. The predicted octanol–water partition coefficient (Wildman–Crippen LogP) is 4.17. The molecular formula is C22H24F3N3O2. The van der Waals surface area contributed by atoms with Crippen molar-refractivity contribution in [1.29, 1.82) is 0 Å². The number of carbonyl (C=O) groups is 2.